The predicted octanol–water partition coefficient (Wildman–Crippen LogP) is 3.53. The van der Waals surface area contributed by atoms with E-state index in [-0.39, 0.29) is 28.5 Å². The van der Waals surface area contributed by atoms with Crippen LogP contribution in [0.4, 0.5) is 5.69 Å². The number of rotatable bonds is 8. The van der Waals surface area contributed by atoms with Gasteiger partial charge in [0.05, 0.1) is 42.1 Å². The molecule has 0 atom stereocenters. The fraction of sp³-hybridized carbons (Fsp3) is 0.182. The van der Waals surface area contributed by atoms with Crippen molar-refractivity contribution in [1.82, 2.24) is 9.55 Å². The van der Waals surface area contributed by atoms with Crippen molar-refractivity contribution in [2.75, 3.05) is 25.3 Å². The van der Waals surface area contributed by atoms with Crippen LogP contribution in [0.2, 0.25) is 0 Å². The second kappa shape index (κ2) is 9.94. The number of esters is 2. The van der Waals surface area contributed by atoms with E-state index in [1.54, 1.807) is 6.08 Å². The lowest BCUT2D eigenvalue weighted by molar-refractivity contribution is -0.113. The Balaban J connectivity index is 1.77. The summed E-state index contributed by atoms with van der Waals surface area (Å²) in [4.78, 5) is 40.9. The lowest BCUT2D eigenvalue weighted by atomic mass is 10.1. The van der Waals surface area contributed by atoms with Crippen LogP contribution in [-0.2, 0) is 20.8 Å². The average molecular weight is 439 g/mol. The van der Waals surface area contributed by atoms with Crippen molar-refractivity contribution >= 4 is 46.3 Å². The van der Waals surface area contributed by atoms with Crippen LogP contribution >= 0.6 is 11.8 Å². The molecule has 1 heterocycles. The third kappa shape index (κ3) is 5.13. The number of nitrogens with zero attached hydrogens (tertiary/aromatic N) is 2. The first-order chi connectivity index (χ1) is 15.0. The summed E-state index contributed by atoms with van der Waals surface area (Å²) in [5.41, 5.74) is 2.33. The van der Waals surface area contributed by atoms with Gasteiger partial charge in [-0.05, 0) is 30.3 Å². The largest absolute Gasteiger partial charge is 0.465 e. The molecule has 160 valence electrons. The van der Waals surface area contributed by atoms with Crippen LogP contribution in [0, 0.1) is 0 Å². The molecule has 0 radical (unpaired) electrons. The molecule has 0 aliphatic carbocycles. The van der Waals surface area contributed by atoms with Gasteiger partial charge in [0, 0.05) is 12.2 Å². The van der Waals surface area contributed by atoms with E-state index in [1.807, 2.05) is 28.8 Å². The first-order valence-corrected chi connectivity index (χ1v) is 10.3. The van der Waals surface area contributed by atoms with E-state index in [4.69, 9.17) is 9.47 Å². The van der Waals surface area contributed by atoms with Crippen LogP contribution in [0.5, 0.6) is 0 Å². The van der Waals surface area contributed by atoms with Crippen LogP contribution in [0.25, 0.3) is 11.0 Å². The second-order valence-electron chi connectivity index (χ2n) is 6.40. The van der Waals surface area contributed by atoms with Gasteiger partial charge in [-0.3, -0.25) is 4.79 Å². The number of para-hydroxylation sites is 2. The number of fused-ring (bicyclic) bond motifs is 1. The van der Waals surface area contributed by atoms with Crippen molar-refractivity contribution in [2.24, 2.45) is 0 Å². The number of aromatic nitrogens is 2. The number of carbonyl (C=O) groups excluding carboxylic acids is 3. The maximum Gasteiger partial charge on any atom is 0.337 e. The molecule has 0 fully saturated rings. The number of benzene rings is 2. The summed E-state index contributed by atoms with van der Waals surface area (Å²) in [7, 11) is 2.47. The molecule has 0 bridgehead atoms. The zero-order valence-electron chi connectivity index (χ0n) is 17.1. The van der Waals surface area contributed by atoms with Crippen LogP contribution in [0.3, 0.4) is 0 Å². The molecule has 8 nitrogen and oxygen atoms in total. The monoisotopic (exact) mass is 439 g/mol. The summed E-state index contributed by atoms with van der Waals surface area (Å²) >= 11 is 1.28. The quantitative estimate of drug-likeness (QED) is 0.326. The fourth-order valence-corrected chi connectivity index (χ4v) is 3.79. The molecular formula is C22H21N3O5S. The first-order valence-electron chi connectivity index (χ1n) is 9.27. The van der Waals surface area contributed by atoms with Gasteiger partial charge in [-0.25, -0.2) is 14.6 Å². The summed E-state index contributed by atoms with van der Waals surface area (Å²) in [6, 6.07) is 11.9. The molecule has 1 N–H and O–H groups in total. The molecule has 0 aliphatic heterocycles. The minimum atomic E-state index is -0.631. The third-order valence-electron chi connectivity index (χ3n) is 4.32. The lowest BCUT2D eigenvalue weighted by Crippen LogP contribution is -2.16. The number of methoxy groups -OCH3 is 2. The molecular weight excluding hydrogens is 418 g/mol. The molecule has 1 aromatic heterocycles. The Morgan fingerprint density at radius 1 is 1.10 bits per heavy atom. The molecule has 0 saturated carbocycles. The number of hydrogen-bond donors (Lipinski definition) is 1. The number of nitrogens with one attached hydrogen (secondary N) is 1. The summed E-state index contributed by atoms with van der Waals surface area (Å²) in [5, 5.41) is 3.39. The number of amides is 1. The molecule has 9 heteroatoms. The van der Waals surface area contributed by atoms with E-state index >= 15 is 0 Å². The summed E-state index contributed by atoms with van der Waals surface area (Å²) < 4.78 is 11.4. The van der Waals surface area contributed by atoms with Crippen molar-refractivity contribution in [3.8, 4) is 0 Å². The average Bonchev–Trinajstić information content (AvgIpc) is 3.14. The molecule has 0 spiro atoms. The number of imidazole rings is 1. The Morgan fingerprint density at radius 2 is 1.74 bits per heavy atom. The van der Waals surface area contributed by atoms with Gasteiger partial charge in [-0.15, -0.1) is 6.58 Å². The molecule has 31 heavy (non-hydrogen) atoms. The number of hydrogen-bond acceptors (Lipinski definition) is 7. The van der Waals surface area contributed by atoms with Crippen LogP contribution in [0.1, 0.15) is 20.7 Å². The van der Waals surface area contributed by atoms with Gasteiger partial charge in [-0.1, -0.05) is 30.0 Å². The highest BCUT2D eigenvalue weighted by Gasteiger charge is 2.16. The van der Waals surface area contributed by atoms with Crippen LogP contribution in [0.15, 0.2) is 60.3 Å². The summed E-state index contributed by atoms with van der Waals surface area (Å²) in [6.07, 6.45) is 1.77. The minimum absolute atomic E-state index is 0.0798. The Kier molecular flexibility index (Phi) is 7.09. The topological polar surface area (TPSA) is 99.5 Å². The molecule has 2 aromatic carbocycles. The maximum atomic E-state index is 12.6. The molecule has 3 aromatic rings. The van der Waals surface area contributed by atoms with Crippen molar-refractivity contribution in [2.45, 2.75) is 11.7 Å². The van der Waals surface area contributed by atoms with Gasteiger partial charge in [0.2, 0.25) is 5.91 Å². The Hall–Kier alpha value is -3.59. The van der Waals surface area contributed by atoms with E-state index in [2.05, 4.69) is 16.9 Å². The zero-order chi connectivity index (χ0) is 22.4. The predicted molar refractivity (Wildman–Crippen MR) is 118 cm³/mol. The molecule has 0 unspecified atom stereocenters. The second-order valence-corrected chi connectivity index (χ2v) is 7.34. The van der Waals surface area contributed by atoms with Gasteiger partial charge in [0.25, 0.3) is 0 Å². The summed E-state index contributed by atoms with van der Waals surface area (Å²) in [6.45, 7) is 4.34. The fourth-order valence-electron chi connectivity index (χ4n) is 2.97. The van der Waals surface area contributed by atoms with Gasteiger partial charge < -0.3 is 19.4 Å². The zero-order valence-corrected chi connectivity index (χ0v) is 17.9. The number of thioether (sulfide) groups is 1. The van der Waals surface area contributed by atoms with Crippen LogP contribution in [-0.4, -0.2) is 47.4 Å². The number of ether oxygens (including phenoxy) is 2. The van der Waals surface area contributed by atoms with Gasteiger partial charge >= 0.3 is 11.9 Å². The van der Waals surface area contributed by atoms with E-state index < -0.39 is 11.9 Å². The Bertz CT molecular complexity index is 1120. The lowest BCUT2D eigenvalue weighted by Gasteiger charge is -2.10. The van der Waals surface area contributed by atoms with Crippen LogP contribution < -0.4 is 5.32 Å². The SMILES string of the molecule is C=CCn1c(SCC(=O)Nc2cc(C(=O)OC)cc(C(=O)OC)c2)nc2ccccc21. The molecule has 1 amide bonds. The van der Waals surface area contributed by atoms with E-state index in [9.17, 15) is 14.4 Å². The standard InChI is InChI=1S/C22H21N3O5S/c1-4-9-25-18-8-6-5-7-17(18)24-22(25)31-13-19(26)23-16-11-14(20(27)29-2)10-15(12-16)21(28)30-3/h4-8,10-12H,1,9,13H2,2-3H3,(H,23,26). The number of anilines is 1. The number of allylic oxidation sites excluding steroid dienone is 1. The van der Waals surface area contributed by atoms with Crippen molar-refractivity contribution in [3.63, 3.8) is 0 Å². The normalized spacial score (nSPS) is 10.5. The minimum Gasteiger partial charge on any atom is -0.465 e. The van der Waals surface area contributed by atoms with Crippen molar-refractivity contribution < 1.29 is 23.9 Å². The highest BCUT2D eigenvalue weighted by atomic mass is 32.2. The van der Waals surface area contributed by atoms with Gasteiger partial charge in [0.1, 0.15) is 0 Å². The highest BCUT2D eigenvalue weighted by molar-refractivity contribution is 7.99. The molecule has 0 aliphatic rings. The van der Waals surface area contributed by atoms with Gasteiger partial charge in [-0.2, -0.15) is 0 Å². The van der Waals surface area contributed by atoms with E-state index in [0.717, 1.165) is 11.0 Å². The Morgan fingerprint density at radius 3 is 2.35 bits per heavy atom. The molecule has 0 saturated heterocycles. The first kappa shape index (κ1) is 22.1. The third-order valence-corrected chi connectivity index (χ3v) is 5.30. The smallest absolute Gasteiger partial charge is 0.337 e. The van der Waals surface area contributed by atoms with E-state index in [1.165, 1.54) is 44.2 Å². The number of carbonyl (C=O) groups is 3. The van der Waals surface area contributed by atoms with Crippen molar-refractivity contribution in [3.05, 3.63) is 66.2 Å². The van der Waals surface area contributed by atoms with Crippen molar-refractivity contribution in [1.29, 1.82) is 0 Å². The van der Waals surface area contributed by atoms with E-state index in [0.29, 0.717) is 11.7 Å². The maximum absolute atomic E-state index is 12.6. The highest BCUT2D eigenvalue weighted by Crippen LogP contribution is 2.24. The van der Waals surface area contributed by atoms with Gasteiger partial charge in [0.15, 0.2) is 5.16 Å². The Labute approximate surface area is 183 Å². The summed E-state index contributed by atoms with van der Waals surface area (Å²) in [5.74, 6) is -1.50. The molecule has 3 rings (SSSR count).